The quantitative estimate of drug-likeness (QED) is 0.380. The lowest BCUT2D eigenvalue weighted by Crippen LogP contribution is -2.03. The van der Waals surface area contributed by atoms with Gasteiger partial charge in [0.1, 0.15) is 23.6 Å². The number of hydrogen-bond donors (Lipinski definition) is 1. The molecule has 0 saturated carbocycles. The average molecular weight is 246 g/mol. The van der Waals surface area contributed by atoms with Crippen molar-refractivity contribution in [3.63, 3.8) is 0 Å². The molecule has 0 amide bonds. The summed E-state index contributed by atoms with van der Waals surface area (Å²) in [5, 5.41) is 20.2. The van der Waals surface area contributed by atoms with Crippen molar-refractivity contribution in [2.45, 2.75) is 6.92 Å². The first-order valence-corrected chi connectivity index (χ1v) is 5.09. The normalized spacial score (nSPS) is 11.5. The van der Waals surface area contributed by atoms with Crippen LogP contribution in [0.25, 0.3) is 0 Å². The van der Waals surface area contributed by atoms with Crippen LogP contribution in [-0.2, 0) is 0 Å². The molecule has 2 aromatic rings. The summed E-state index contributed by atoms with van der Waals surface area (Å²) in [5.41, 5.74) is 0.0959. The van der Waals surface area contributed by atoms with Gasteiger partial charge in [0.25, 0.3) is 5.69 Å². The third-order valence-electron chi connectivity index (χ3n) is 2.33. The molecule has 0 saturated heterocycles. The van der Waals surface area contributed by atoms with Crippen LogP contribution in [0.1, 0.15) is 6.92 Å². The highest BCUT2D eigenvalue weighted by Crippen LogP contribution is 2.30. The number of phenols is 1. The summed E-state index contributed by atoms with van der Waals surface area (Å²) >= 11 is 0. The van der Waals surface area contributed by atoms with Crippen LogP contribution in [0.5, 0.6) is 5.75 Å². The molecule has 18 heavy (non-hydrogen) atoms. The fraction of sp³-hybridized carbons (Fsp3) is 0.0909. The van der Waals surface area contributed by atoms with Crippen LogP contribution in [-0.4, -0.2) is 25.4 Å². The lowest BCUT2D eigenvalue weighted by Gasteiger charge is -2.02. The Balaban J connectivity index is 2.35. The molecule has 0 aliphatic heterocycles. The largest absolute Gasteiger partial charge is 0.505 e. The van der Waals surface area contributed by atoms with E-state index in [1.807, 2.05) is 0 Å². The second-order valence-electron chi connectivity index (χ2n) is 3.56. The average Bonchev–Trinajstić information content (AvgIpc) is 2.85. The van der Waals surface area contributed by atoms with E-state index in [4.69, 9.17) is 0 Å². The Kier molecular flexibility index (Phi) is 3.05. The lowest BCUT2D eigenvalue weighted by atomic mass is 10.2. The van der Waals surface area contributed by atoms with Crippen LogP contribution in [0.2, 0.25) is 0 Å². The van der Waals surface area contributed by atoms with E-state index < -0.39 is 4.92 Å². The van der Waals surface area contributed by atoms with Gasteiger partial charge in [0.05, 0.1) is 11.0 Å². The van der Waals surface area contributed by atoms with Gasteiger partial charge in [-0.2, -0.15) is 0 Å². The van der Waals surface area contributed by atoms with Gasteiger partial charge in [0.15, 0.2) is 0 Å². The summed E-state index contributed by atoms with van der Waals surface area (Å²) in [6.45, 7) is 1.74. The first-order valence-electron chi connectivity index (χ1n) is 5.09. The second-order valence-corrected chi connectivity index (χ2v) is 3.56. The van der Waals surface area contributed by atoms with Gasteiger partial charge in [-0.15, -0.1) is 0 Å². The third-order valence-corrected chi connectivity index (χ3v) is 2.33. The number of phenolic OH excluding ortho intramolecular Hbond substituents is 1. The molecule has 7 heteroatoms. The third kappa shape index (κ3) is 2.34. The van der Waals surface area contributed by atoms with Gasteiger partial charge in [-0.1, -0.05) is 0 Å². The number of benzene rings is 1. The zero-order valence-electron chi connectivity index (χ0n) is 9.52. The van der Waals surface area contributed by atoms with Crippen molar-refractivity contribution in [1.82, 2.24) is 9.55 Å². The lowest BCUT2D eigenvalue weighted by molar-refractivity contribution is -0.384. The predicted octanol–water partition coefficient (Wildman–Crippen LogP) is 2.10. The first kappa shape index (κ1) is 11.8. The Morgan fingerprint density at radius 2 is 2.33 bits per heavy atom. The van der Waals surface area contributed by atoms with Gasteiger partial charge in [0.2, 0.25) is 0 Å². The molecule has 1 aromatic heterocycles. The number of nitro groups is 1. The number of nitrogens with zero attached hydrogens (tertiary/aromatic N) is 4. The van der Waals surface area contributed by atoms with Gasteiger partial charge >= 0.3 is 0 Å². The summed E-state index contributed by atoms with van der Waals surface area (Å²) in [4.78, 5) is 18.0. The fourth-order valence-corrected chi connectivity index (χ4v) is 1.40. The molecule has 0 aliphatic carbocycles. The molecule has 0 unspecified atom stereocenters. The summed E-state index contributed by atoms with van der Waals surface area (Å²) in [6, 6.07) is 3.76. The van der Waals surface area contributed by atoms with E-state index in [2.05, 4.69) is 9.98 Å². The Bertz CT molecular complexity index is 605. The Hall–Kier alpha value is -2.70. The second kappa shape index (κ2) is 4.66. The topological polar surface area (TPSA) is 93.5 Å². The minimum Gasteiger partial charge on any atom is -0.505 e. The van der Waals surface area contributed by atoms with Crippen molar-refractivity contribution < 1.29 is 10.0 Å². The molecule has 0 aliphatic rings. The van der Waals surface area contributed by atoms with Crippen LogP contribution in [0, 0.1) is 10.1 Å². The van der Waals surface area contributed by atoms with Gasteiger partial charge in [-0.05, 0) is 13.0 Å². The number of rotatable bonds is 2. The summed E-state index contributed by atoms with van der Waals surface area (Å²) in [6.07, 6.45) is 4.89. The molecule has 0 fully saturated rings. The van der Waals surface area contributed by atoms with Crippen LogP contribution < -0.4 is 0 Å². The number of imidazole rings is 1. The molecule has 92 valence electrons. The van der Waals surface area contributed by atoms with E-state index in [1.54, 1.807) is 30.2 Å². The van der Waals surface area contributed by atoms with Crippen LogP contribution in [0.3, 0.4) is 0 Å². The number of aromatic nitrogens is 2. The summed E-state index contributed by atoms with van der Waals surface area (Å²) < 4.78 is 1.67. The molecule has 0 spiro atoms. The molecule has 0 radical (unpaired) electrons. The minimum absolute atomic E-state index is 0.174. The number of hydrogen-bond acceptors (Lipinski definition) is 5. The number of non-ortho nitro benzene ring substituents is 1. The van der Waals surface area contributed by atoms with Crippen LogP contribution in [0.15, 0.2) is 41.9 Å². The number of aromatic hydroxyl groups is 1. The highest BCUT2D eigenvalue weighted by atomic mass is 16.6. The maximum atomic E-state index is 10.5. The highest BCUT2D eigenvalue weighted by molar-refractivity contribution is 5.85. The predicted molar refractivity (Wildman–Crippen MR) is 65.2 cm³/mol. The molecule has 0 bridgehead atoms. The zero-order chi connectivity index (χ0) is 13.1. The number of nitro benzene ring substituents is 1. The zero-order valence-corrected chi connectivity index (χ0v) is 9.52. The van der Waals surface area contributed by atoms with E-state index in [1.165, 1.54) is 12.1 Å². The van der Waals surface area contributed by atoms with Crippen molar-refractivity contribution >= 4 is 17.2 Å². The van der Waals surface area contributed by atoms with E-state index in [-0.39, 0.29) is 17.1 Å². The first-order chi connectivity index (χ1) is 8.58. The molecular formula is C11H10N4O3. The molecule has 1 N–H and O–H groups in total. The van der Waals surface area contributed by atoms with E-state index >= 15 is 0 Å². The molecule has 0 atom stereocenters. The summed E-state index contributed by atoms with van der Waals surface area (Å²) in [5.74, 6) is 0.361. The number of aliphatic imine (C=N–C) groups is 1. The Morgan fingerprint density at radius 1 is 1.56 bits per heavy atom. The molecule has 7 nitrogen and oxygen atoms in total. The van der Waals surface area contributed by atoms with Gasteiger partial charge < -0.3 is 5.11 Å². The van der Waals surface area contributed by atoms with E-state index in [0.717, 1.165) is 6.07 Å². The van der Waals surface area contributed by atoms with Crippen molar-refractivity contribution in [2.75, 3.05) is 0 Å². The van der Waals surface area contributed by atoms with Gasteiger partial charge in [-0.25, -0.2) is 9.98 Å². The van der Waals surface area contributed by atoms with Gasteiger partial charge in [-0.3, -0.25) is 14.7 Å². The Morgan fingerprint density at radius 3 is 2.89 bits per heavy atom. The SMILES string of the molecule is C/C(=N\c1ccc([N+](=O)[O-])cc1O)n1ccnc1. The monoisotopic (exact) mass is 246 g/mol. The highest BCUT2D eigenvalue weighted by Gasteiger charge is 2.09. The van der Waals surface area contributed by atoms with Crippen molar-refractivity contribution in [2.24, 2.45) is 4.99 Å². The van der Waals surface area contributed by atoms with Crippen LogP contribution >= 0.6 is 0 Å². The minimum atomic E-state index is -0.573. The van der Waals surface area contributed by atoms with Crippen molar-refractivity contribution in [3.8, 4) is 5.75 Å². The van der Waals surface area contributed by atoms with Gasteiger partial charge in [0, 0.05) is 18.5 Å². The van der Waals surface area contributed by atoms with E-state index in [9.17, 15) is 15.2 Å². The maximum Gasteiger partial charge on any atom is 0.273 e. The van der Waals surface area contributed by atoms with Crippen LogP contribution in [0.4, 0.5) is 11.4 Å². The van der Waals surface area contributed by atoms with Crippen molar-refractivity contribution in [3.05, 3.63) is 47.0 Å². The fourth-order valence-electron chi connectivity index (χ4n) is 1.40. The van der Waals surface area contributed by atoms with E-state index in [0.29, 0.717) is 5.84 Å². The maximum absolute atomic E-state index is 10.5. The molecular weight excluding hydrogens is 236 g/mol. The molecule has 1 aromatic carbocycles. The molecule has 1 heterocycles. The summed E-state index contributed by atoms with van der Waals surface area (Å²) in [7, 11) is 0. The standard InChI is InChI=1S/C11H10N4O3/c1-8(14-5-4-12-7-14)13-10-3-2-9(15(17)18)6-11(10)16/h2-7,16H,1H3/b13-8+. The smallest absolute Gasteiger partial charge is 0.273 e. The Labute approximate surface area is 102 Å². The molecule has 2 rings (SSSR count). The van der Waals surface area contributed by atoms with Crippen molar-refractivity contribution in [1.29, 1.82) is 0 Å².